The van der Waals surface area contributed by atoms with E-state index in [4.69, 9.17) is 4.74 Å². The molecule has 0 radical (unpaired) electrons. The van der Waals surface area contributed by atoms with E-state index in [0.717, 1.165) is 0 Å². The van der Waals surface area contributed by atoms with Crippen LogP contribution in [0, 0.1) is 0 Å². The number of benzene rings is 2. The number of ketones is 1. The Morgan fingerprint density at radius 2 is 1.92 bits per heavy atom. The van der Waals surface area contributed by atoms with Gasteiger partial charge in [0.05, 0.1) is 7.11 Å². The molecule has 7 heteroatoms. The molecule has 0 aromatic heterocycles. The molecule has 0 saturated heterocycles. The highest BCUT2D eigenvalue weighted by atomic mass is 79.9. The number of ether oxygens (including phenoxy) is 2. The maximum Gasteiger partial charge on any atom is 0.387 e. The number of allylic oxidation sites excluding steroid dienone is 1. The smallest absolute Gasteiger partial charge is 0.387 e. The highest BCUT2D eigenvalue weighted by molar-refractivity contribution is 9.10. The van der Waals surface area contributed by atoms with Gasteiger partial charge in [-0.2, -0.15) is 8.78 Å². The molecule has 2 rings (SSSR count). The summed E-state index contributed by atoms with van der Waals surface area (Å²) in [5, 5.41) is 9.76. The second-order valence-electron chi connectivity index (χ2n) is 4.65. The highest BCUT2D eigenvalue weighted by Crippen LogP contribution is 2.33. The topological polar surface area (TPSA) is 55.8 Å². The quantitative estimate of drug-likeness (QED) is 0.567. The summed E-state index contributed by atoms with van der Waals surface area (Å²) >= 11 is 3.32. The molecule has 0 fully saturated rings. The van der Waals surface area contributed by atoms with Gasteiger partial charge in [0.2, 0.25) is 0 Å². The van der Waals surface area contributed by atoms with E-state index in [9.17, 15) is 18.7 Å². The Morgan fingerprint density at radius 1 is 1.25 bits per heavy atom. The molecule has 0 heterocycles. The molecule has 0 aliphatic heterocycles. The Morgan fingerprint density at radius 3 is 2.50 bits per heavy atom. The molecule has 0 amide bonds. The van der Waals surface area contributed by atoms with E-state index in [1.54, 1.807) is 6.07 Å². The first-order chi connectivity index (χ1) is 11.4. The largest absolute Gasteiger partial charge is 0.504 e. The Balaban J connectivity index is 2.14. The fourth-order valence-corrected chi connectivity index (χ4v) is 2.37. The maximum absolute atomic E-state index is 12.1. The average Bonchev–Trinajstić information content (AvgIpc) is 2.55. The van der Waals surface area contributed by atoms with E-state index in [-0.39, 0.29) is 17.3 Å². The minimum absolute atomic E-state index is 0.0200. The van der Waals surface area contributed by atoms with Crippen molar-refractivity contribution in [3.63, 3.8) is 0 Å². The number of hydrogen-bond donors (Lipinski definition) is 1. The lowest BCUT2D eigenvalue weighted by atomic mass is 10.1. The lowest BCUT2D eigenvalue weighted by Gasteiger charge is -2.06. The van der Waals surface area contributed by atoms with Crippen LogP contribution in [0.15, 0.2) is 46.9 Å². The maximum atomic E-state index is 12.1. The fourth-order valence-electron chi connectivity index (χ4n) is 1.91. The van der Waals surface area contributed by atoms with Crippen molar-refractivity contribution in [3.05, 3.63) is 58.1 Å². The van der Waals surface area contributed by atoms with Crippen molar-refractivity contribution >= 4 is 27.8 Å². The van der Waals surface area contributed by atoms with Gasteiger partial charge in [0.1, 0.15) is 5.75 Å². The van der Waals surface area contributed by atoms with Gasteiger partial charge in [-0.1, -0.05) is 15.9 Å². The van der Waals surface area contributed by atoms with Gasteiger partial charge in [-0.15, -0.1) is 0 Å². The van der Waals surface area contributed by atoms with E-state index in [0.29, 0.717) is 21.3 Å². The number of halogens is 3. The standard InChI is InChI=1S/C17H13BrF2O4/c1-23-16-9-13(18)11(8-15(16)22)4-7-14(21)10-2-5-12(6-3-10)24-17(19)20/h2-9,17,22H,1H3/b7-4+. The monoisotopic (exact) mass is 398 g/mol. The van der Waals surface area contributed by atoms with Gasteiger partial charge in [0.15, 0.2) is 17.3 Å². The summed E-state index contributed by atoms with van der Waals surface area (Å²) in [6.07, 6.45) is 2.84. The van der Waals surface area contributed by atoms with Crippen molar-refractivity contribution in [1.82, 2.24) is 0 Å². The van der Waals surface area contributed by atoms with Crippen molar-refractivity contribution in [2.75, 3.05) is 7.11 Å². The SMILES string of the molecule is COc1cc(Br)c(/C=C/C(=O)c2ccc(OC(F)F)cc2)cc1O. The fraction of sp³-hybridized carbons (Fsp3) is 0.118. The number of alkyl halides is 2. The minimum atomic E-state index is -2.91. The van der Waals surface area contributed by atoms with Crippen molar-refractivity contribution in [2.24, 2.45) is 0 Å². The summed E-state index contributed by atoms with van der Waals surface area (Å²) in [5.41, 5.74) is 0.904. The van der Waals surface area contributed by atoms with Crippen molar-refractivity contribution in [2.45, 2.75) is 6.61 Å². The summed E-state index contributed by atoms with van der Waals surface area (Å²) in [6.45, 7) is -2.91. The first-order valence-electron chi connectivity index (χ1n) is 6.74. The van der Waals surface area contributed by atoms with Gasteiger partial charge in [0.25, 0.3) is 0 Å². The number of phenolic OH excluding ortho intramolecular Hbond substituents is 1. The number of rotatable bonds is 6. The summed E-state index contributed by atoms with van der Waals surface area (Å²) < 4.78 is 34.0. The molecule has 126 valence electrons. The molecule has 0 aliphatic carbocycles. The molecular weight excluding hydrogens is 386 g/mol. The third kappa shape index (κ3) is 4.55. The predicted octanol–water partition coefficient (Wildman–Crippen LogP) is 4.66. The van der Waals surface area contributed by atoms with Crippen molar-refractivity contribution < 1.29 is 28.2 Å². The van der Waals surface area contributed by atoms with Gasteiger partial charge in [0, 0.05) is 10.0 Å². The highest BCUT2D eigenvalue weighted by Gasteiger charge is 2.08. The van der Waals surface area contributed by atoms with Crippen LogP contribution in [0.3, 0.4) is 0 Å². The first-order valence-corrected chi connectivity index (χ1v) is 7.54. The average molecular weight is 399 g/mol. The van der Waals surface area contributed by atoms with Gasteiger partial charge < -0.3 is 14.6 Å². The third-order valence-corrected chi connectivity index (χ3v) is 3.76. The van der Waals surface area contributed by atoms with Crippen LogP contribution in [0.4, 0.5) is 8.78 Å². The molecular formula is C17H13BrF2O4. The second-order valence-corrected chi connectivity index (χ2v) is 5.50. The molecule has 24 heavy (non-hydrogen) atoms. The molecule has 2 aromatic carbocycles. The number of phenols is 1. The summed E-state index contributed by atoms with van der Waals surface area (Å²) in [5.74, 6) is -0.0876. The van der Waals surface area contributed by atoms with Crippen LogP contribution in [0.2, 0.25) is 0 Å². The molecule has 0 unspecified atom stereocenters. The van der Waals surface area contributed by atoms with Gasteiger partial charge >= 0.3 is 6.61 Å². The van der Waals surface area contributed by atoms with Crippen LogP contribution >= 0.6 is 15.9 Å². The van der Waals surface area contributed by atoms with Crippen molar-refractivity contribution in [1.29, 1.82) is 0 Å². The lowest BCUT2D eigenvalue weighted by molar-refractivity contribution is -0.0498. The van der Waals surface area contributed by atoms with Crippen LogP contribution in [0.1, 0.15) is 15.9 Å². The normalized spacial score (nSPS) is 11.0. The molecule has 1 N–H and O–H groups in total. The van der Waals surface area contributed by atoms with E-state index in [1.807, 2.05) is 0 Å². The number of methoxy groups -OCH3 is 1. The molecule has 0 atom stereocenters. The zero-order chi connectivity index (χ0) is 17.7. The zero-order valence-electron chi connectivity index (χ0n) is 12.5. The summed E-state index contributed by atoms with van der Waals surface area (Å²) in [4.78, 5) is 12.1. The minimum Gasteiger partial charge on any atom is -0.504 e. The molecule has 0 spiro atoms. The van der Waals surface area contributed by atoms with Crippen molar-refractivity contribution in [3.8, 4) is 17.2 Å². The van der Waals surface area contributed by atoms with Gasteiger partial charge in [-0.25, -0.2) is 0 Å². The van der Waals surface area contributed by atoms with Crippen LogP contribution < -0.4 is 9.47 Å². The van der Waals surface area contributed by atoms with E-state index in [2.05, 4.69) is 20.7 Å². The number of hydrogen-bond acceptors (Lipinski definition) is 4. The van der Waals surface area contributed by atoms with Gasteiger partial charge in [-0.05, 0) is 54.1 Å². The second kappa shape index (κ2) is 7.92. The van der Waals surface area contributed by atoms with Crippen LogP contribution in [-0.4, -0.2) is 24.6 Å². The molecule has 0 saturated carbocycles. The Kier molecular flexibility index (Phi) is 5.92. The number of aromatic hydroxyl groups is 1. The first kappa shape index (κ1) is 17.9. The van der Waals surface area contributed by atoms with Crippen LogP contribution in [0.5, 0.6) is 17.2 Å². The predicted molar refractivity (Wildman–Crippen MR) is 88.8 cm³/mol. The summed E-state index contributed by atoms with van der Waals surface area (Å²) in [7, 11) is 1.43. The van der Waals surface area contributed by atoms with Crippen LogP contribution in [-0.2, 0) is 0 Å². The molecule has 4 nitrogen and oxygen atoms in total. The van der Waals surface area contributed by atoms with E-state index >= 15 is 0 Å². The molecule has 0 aliphatic rings. The molecule has 2 aromatic rings. The van der Waals surface area contributed by atoms with E-state index in [1.165, 1.54) is 49.6 Å². The summed E-state index contributed by atoms with van der Waals surface area (Å²) in [6, 6.07) is 8.41. The molecule has 0 bridgehead atoms. The number of carbonyl (C=O) groups is 1. The van der Waals surface area contributed by atoms with Crippen LogP contribution in [0.25, 0.3) is 6.08 Å². The Bertz CT molecular complexity index is 758. The third-order valence-electron chi connectivity index (χ3n) is 3.08. The Labute approximate surface area is 145 Å². The lowest BCUT2D eigenvalue weighted by Crippen LogP contribution is -2.02. The van der Waals surface area contributed by atoms with Gasteiger partial charge in [-0.3, -0.25) is 4.79 Å². The van der Waals surface area contributed by atoms with E-state index < -0.39 is 6.61 Å². The Hall–Kier alpha value is -2.41. The number of carbonyl (C=O) groups excluding carboxylic acids is 1. The zero-order valence-corrected chi connectivity index (χ0v) is 14.1.